The third kappa shape index (κ3) is 5.70. The largest absolute Gasteiger partial charge is 0.724 e. The van der Waals surface area contributed by atoms with Gasteiger partial charge in [0.2, 0.25) is 0 Å². The Labute approximate surface area is 93.7 Å². The maximum atomic E-state index is 11.0. The monoisotopic (exact) mass is 221 g/mol. The molecule has 0 aliphatic rings. The minimum atomic E-state index is -0.563. The van der Waals surface area contributed by atoms with E-state index in [1.54, 1.807) is 0 Å². The molecule has 5 nitrogen and oxygen atoms in total. The average Bonchev–Trinajstić information content (AvgIpc) is 2.30. The highest BCUT2D eigenvalue weighted by Gasteiger charge is 2.13. The molecule has 0 heterocycles. The Balaban J connectivity index is 0.000000673. The fraction of sp³-hybridized carbons (Fsp3) is 0.273. The summed E-state index contributed by atoms with van der Waals surface area (Å²) in [6, 6.07) is 9.06. The number of methoxy groups -OCH3 is 1. The van der Waals surface area contributed by atoms with Gasteiger partial charge in [-0.25, -0.2) is 0 Å². The van der Waals surface area contributed by atoms with Crippen molar-refractivity contribution < 1.29 is 14.3 Å². The van der Waals surface area contributed by atoms with Crippen LogP contribution in [0, 0.1) is 0 Å². The second-order valence-corrected chi connectivity index (χ2v) is 2.91. The molecule has 0 bridgehead atoms. The lowest BCUT2D eigenvalue weighted by Crippen LogP contribution is -2.33. The number of hydrogen-bond donors (Lipinski definition) is 1. The molecule has 1 atom stereocenters. The van der Waals surface area contributed by atoms with Crippen LogP contribution in [0.4, 0.5) is 0 Å². The van der Waals surface area contributed by atoms with Crippen LogP contribution in [-0.4, -0.2) is 25.2 Å². The molecule has 1 aromatic carbocycles. The van der Waals surface area contributed by atoms with Crippen LogP contribution in [0.25, 0.3) is 5.41 Å². The first-order valence-corrected chi connectivity index (χ1v) is 4.54. The third-order valence-electron chi connectivity index (χ3n) is 1.80. The van der Waals surface area contributed by atoms with Crippen molar-refractivity contribution in [1.82, 2.24) is 0 Å². The van der Waals surface area contributed by atoms with Gasteiger partial charge in [0.1, 0.15) is 6.04 Å². The third-order valence-corrected chi connectivity index (χ3v) is 1.80. The molecule has 1 aromatic rings. The fourth-order valence-electron chi connectivity index (χ4n) is 1.10. The molecule has 0 aliphatic heterocycles. The lowest BCUT2D eigenvalue weighted by molar-refractivity contribution is -0.142. The van der Waals surface area contributed by atoms with Gasteiger partial charge in [0.05, 0.1) is 7.11 Å². The molecule has 0 fully saturated rings. The van der Waals surface area contributed by atoms with Crippen molar-refractivity contribution in [3.05, 3.63) is 41.3 Å². The SMILES string of the molecule is COC(=O)[C@@H](N)Cc1ccccc1.[N-]=C=O. The van der Waals surface area contributed by atoms with E-state index in [0.717, 1.165) is 5.56 Å². The summed E-state index contributed by atoms with van der Waals surface area (Å²) in [6.07, 6.45) is 1.02. The molecule has 0 aromatic heterocycles. The highest BCUT2D eigenvalue weighted by molar-refractivity contribution is 5.75. The van der Waals surface area contributed by atoms with E-state index in [4.69, 9.17) is 15.9 Å². The van der Waals surface area contributed by atoms with Gasteiger partial charge in [0, 0.05) is 0 Å². The summed E-state index contributed by atoms with van der Waals surface area (Å²) < 4.78 is 4.52. The molecule has 0 amide bonds. The number of nitrogens with two attached hydrogens (primary N) is 1. The van der Waals surface area contributed by atoms with E-state index in [2.05, 4.69) is 4.74 Å². The number of isocyanates is 1. The summed E-state index contributed by atoms with van der Waals surface area (Å²) in [7, 11) is 1.34. The van der Waals surface area contributed by atoms with Crippen LogP contribution in [0.3, 0.4) is 0 Å². The van der Waals surface area contributed by atoms with Gasteiger partial charge in [0.25, 0.3) is 0 Å². The fourth-order valence-corrected chi connectivity index (χ4v) is 1.10. The van der Waals surface area contributed by atoms with Gasteiger partial charge < -0.3 is 15.9 Å². The van der Waals surface area contributed by atoms with Crippen molar-refractivity contribution in [2.75, 3.05) is 7.11 Å². The molecule has 0 aliphatic carbocycles. The summed E-state index contributed by atoms with van der Waals surface area (Å²) in [4.78, 5) is 19.2. The normalized spacial score (nSPS) is 10.4. The molecule has 86 valence electrons. The predicted octanol–water partition coefficient (Wildman–Crippen LogP) is 0.621. The van der Waals surface area contributed by atoms with E-state index in [9.17, 15) is 4.79 Å². The number of carbonyl (C=O) groups excluding carboxylic acids is 2. The van der Waals surface area contributed by atoms with Gasteiger partial charge in [-0.2, -0.15) is 0 Å². The number of esters is 1. The Bertz CT molecular complexity index is 346. The Morgan fingerprint density at radius 3 is 2.44 bits per heavy atom. The minimum absolute atomic E-state index is 0.371. The van der Waals surface area contributed by atoms with Crippen molar-refractivity contribution >= 4 is 12.0 Å². The Kier molecular flexibility index (Phi) is 7.32. The van der Waals surface area contributed by atoms with Crippen molar-refractivity contribution in [3.63, 3.8) is 0 Å². The molecule has 0 radical (unpaired) electrons. The van der Waals surface area contributed by atoms with Gasteiger partial charge >= 0.3 is 5.97 Å². The maximum Gasteiger partial charge on any atom is 0.322 e. The van der Waals surface area contributed by atoms with Gasteiger partial charge in [-0.05, 0) is 18.1 Å². The van der Waals surface area contributed by atoms with E-state index in [0.29, 0.717) is 12.5 Å². The van der Waals surface area contributed by atoms with E-state index in [1.165, 1.54) is 7.11 Å². The van der Waals surface area contributed by atoms with Gasteiger partial charge in [-0.15, -0.1) is 0 Å². The van der Waals surface area contributed by atoms with Crippen molar-refractivity contribution in [2.45, 2.75) is 12.5 Å². The topological polar surface area (TPSA) is 91.7 Å². The molecule has 5 heteroatoms. The predicted molar refractivity (Wildman–Crippen MR) is 59.2 cm³/mol. The van der Waals surface area contributed by atoms with Crippen LogP contribution in [0.2, 0.25) is 0 Å². The average molecular weight is 221 g/mol. The van der Waals surface area contributed by atoms with Crippen LogP contribution < -0.4 is 5.73 Å². The summed E-state index contributed by atoms with van der Waals surface area (Å²) in [5, 5.41) is 6.76. The number of ether oxygens (including phenoxy) is 1. The molecule has 16 heavy (non-hydrogen) atoms. The van der Waals surface area contributed by atoms with E-state index in [1.807, 2.05) is 30.3 Å². The minimum Gasteiger partial charge on any atom is -0.724 e. The molecule has 2 N–H and O–H groups in total. The maximum absolute atomic E-state index is 11.0. The Morgan fingerprint density at radius 2 is 2.00 bits per heavy atom. The molecular formula is C11H13N2O3-. The summed E-state index contributed by atoms with van der Waals surface area (Å²) in [5.74, 6) is -0.371. The highest BCUT2D eigenvalue weighted by atomic mass is 16.5. The van der Waals surface area contributed by atoms with Crippen molar-refractivity contribution in [3.8, 4) is 0 Å². The van der Waals surface area contributed by atoms with Gasteiger partial charge in [-0.1, -0.05) is 30.3 Å². The zero-order chi connectivity index (χ0) is 12.4. The van der Waals surface area contributed by atoms with E-state index >= 15 is 0 Å². The van der Waals surface area contributed by atoms with Gasteiger partial charge in [-0.3, -0.25) is 9.59 Å². The Hall–Kier alpha value is -1.97. The van der Waals surface area contributed by atoms with E-state index < -0.39 is 6.04 Å². The first kappa shape index (κ1) is 14.0. The standard InChI is InChI=1S/C10H13NO2.CNO/c1-13-10(12)9(11)7-8-5-3-2-4-6-8;2-1-3/h2-6,9H,7,11H2,1H3;/q;-1/t9-;/m0./s1. The summed E-state index contributed by atoms with van der Waals surface area (Å²) in [6.45, 7) is 0. The first-order valence-electron chi connectivity index (χ1n) is 4.54. The molecule has 0 saturated heterocycles. The molecule has 1 rings (SSSR count). The quantitative estimate of drug-likeness (QED) is 0.460. The summed E-state index contributed by atoms with van der Waals surface area (Å²) >= 11 is 0. The van der Waals surface area contributed by atoms with Crippen LogP contribution in [0.15, 0.2) is 30.3 Å². The molecule has 0 unspecified atom stereocenters. The van der Waals surface area contributed by atoms with Crippen LogP contribution in [-0.2, 0) is 20.7 Å². The van der Waals surface area contributed by atoms with Gasteiger partial charge in [0.15, 0.2) is 0 Å². The smallest absolute Gasteiger partial charge is 0.322 e. The van der Waals surface area contributed by atoms with Crippen LogP contribution in [0.5, 0.6) is 0 Å². The van der Waals surface area contributed by atoms with Crippen molar-refractivity contribution in [2.24, 2.45) is 5.73 Å². The first-order chi connectivity index (χ1) is 7.65. The number of nitrogens with zero attached hydrogens (tertiary/aromatic N) is 1. The lowest BCUT2D eigenvalue weighted by Gasteiger charge is -2.08. The molecule has 0 saturated carbocycles. The van der Waals surface area contributed by atoms with Crippen LogP contribution >= 0.6 is 0 Å². The van der Waals surface area contributed by atoms with Crippen LogP contribution in [0.1, 0.15) is 5.56 Å². The number of carbonyl (C=O) groups is 1. The van der Waals surface area contributed by atoms with Crippen molar-refractivity contribution in [1.29, 1.82) is 0 Å². The zero-order valence-corrected chi connectivity index (χ0v) is 8.92. The Morgan fingerprint density at radius 1 is 1.50 bits per heavy atom. The highest BCUT2D eigenvalue weighted by Crippen LogP contribution is 2.02. The molecular weight excluding hydrogens is 208 g/mol. The number of hydrogen-bond acceptors (Lipinski definition) is 4. The number of benzene rings is 1. The second kappa shape index (κ2) is 8.35. The summed E-state index contributed by atoms with van der Waals surface area (Å²) in [5.41, 5.74) is 6.63. The zero-order valence-electron chi connectivity index (χ0n) is 8.92. The lowest BCUT2D eigenvalue weighted by atomic mass is 10.1. The molecule has 0 spiro atoms. The second-order valence-electron chi connectivity index (χ2n) is 2.91. The van der Waals surface area contributed by atoms with E-state index in [-0.39, 0.29) is 5.97 Å². The number of rotatable bonds is 3.